The molecule has 0 saturated heterocycles. The second-order valence-corrected chi connectivity index (χ2v) is 5.32. The molecule has 0 aromatic heterocycles. The molecule has 0 spiro atoms. The number of ether oxygens (including phenoxy) is 1. The van der Waals surface area contributed by atoms with Gasteiger partial charge in [0.2, 0.25) is 0 Å². The van der Waals surface area contributed by atoms with Gasteiger partial charge in [-0.3, -0.25) is 4.90 Å². The third-order valence-electron chi connectivity index (χ3n) is 2.96. The second kappa shape index (κ2) is 7.22. The molecule has 0 aliphatic rings. The molecule has 0 rings (SSSR count). The van der Waals surface area contributed by atoms with E-state index in [1.807, 2.05) is 14.0 Å². The maximum atomic E-state index is 9.42. The van der Waals surface area contributed by atoms with Crippen molar-refractivity contribution in [1.82, 2.24) is 4.90 Å². The molecule has 0 radical (unpaired) electrons. The van der Waals surface area contributed by atoms with E-state index in [9.17, 15) is 5.11 Å². The molecule has 0 heterocycles. The van der Waals surface area contributed by atoms with Crippen molar-refractivity contribution in [3.63, 3.8) is 0 Å². The summed E-state index contributed by atoms with van der Waals surface area (Å²) in [4.78, 5) is 2.07. The van der Waals surface area contributed by atoms with Crippen LogP contribution in [-0.2, 0) is 4.74 Å². The summed E-state index contributed by atoms with van der Waals surface area (Å²) in [7, 11) is 1.98. The third-order valence-corrected chi connectivity index (χ3v) is 2.96. The van der Waals surface area contributed by atoms with Crippen LogP contribution in [0.15, 0.2) is 0 Å². The van der Waals surface area contributed by atoms with Crippen LogP contribution in [0.25, 0.3) is 0 Å². The zero-order chi connectivity index (χ0) is 12.8. The van der Waals surface area contributed by atoms with E-state index in [4.69, 9.17) is 10.5 Å². The summed E-state index contributed by atoms with van der Waals surface area (Å²) >= 11 is 0. The Morgan fingerprint density at radius 1 is 1.38 bits per heavy atom. The van der Waals surface area contributed by atoms with Gasteiger partial charge in [0, 0.05) is 25.2 Å². The Labute approximate surface area is 99.8 Å². The summed E-state index contributed by atoms with van der Waals surface area (Å²) in [6, 6.07) is -0.0652. The van der Waals surface area contributed by atoms with E-state index in [1.165, 1.54) is 0 Å². The number of nitrogens with zero attached hydrogens (tertiary/aromatic N) is 1. The molecule has 4 heteroatoms. The molecule has 0 saturated carbocycles. The van der Waals surface area contributed by atoms with Crippen molar-refractivity contribution >= 4 is 0 Å². The quantitative estimate of drug-likeness (QED) is 0.634. The lowest BCUT2D eigenvalue weighted by Gasteiger charge is -2.38. The van der Waals surface area contributed by atoms with Crippen LogP contribution in [-0.4, -0.2) is 55.5 Å². The first-order valence-electron chi connectivity index (χ1n) is 5.99. The van der Waals surface area contributed by atoms with Gasteiger partial charge >= 0.3 is 0 Å². The monoisotopic (exact) mass is 232 g/mol. The smallest absolute Gasteiger partial charge is 0.0602 e. The molecule has 2 unspecified atom stereocenters. The van der Waals surface area contributed by atoms with Crippen molar-refractivity contribution in [3.05, 3.63) is 0 Å². The minimum Gasteiger partial charge on any atom is -0.395 e. The first-order valence-corrected chi connectivity index (χ1v) is 5.99. The van der Waals surface area contributed by atoms with Crippen molar-refractivity contribution < 1.29 is 9.84 Å². The molecule has 0 bridgehead atoms. The Morgan fingerprint density at radius 2 is 1.94 bits per heavy atom. The molecule has 0 fully saturated rings. The number of rotatable bonds is 7. The molecule has 2 atom stereocenters. The van der Waals surface area contributed by atoms with Crippen molar-refractivity contribution in [1.29, 1.82) is 0 Å². The number of nitrogens with two attached hydrogens (primary N) is 1. The van der Waals surface area contributed by atoms with Crippen molar-refractivity contribution in [3.8, 4) is 0 Å². The fourth-order valence-corrected chi connectivity index (χ4v) is 1.62. The van der Waals surface area contributed by atoms with E-state index in [1.54, 1.807) is 0 Å². The van der Waals surface area contributed by atoms with Gasteiger partial charge in [-0.05, 0) is 19.4 Å². The van der Waals surface area contributed by atoms with E-state index in [-0.39, 0.29) is 24.1 Å². The van der Waals surface area contributed by atoms with Gasteiger partial charge in [-0.1, -0.05) is 20.8 Å². The molecule has 0 aliphatic carbocycles. The number of aliphatic hydroxyl groups excluding tert-OH is 1. The highest BCUT2D eigenvalue weighted by Crippen LogP contribution is 2.21. The first kappa shape index (κ1) is 15.8. The van der Waals surface area contributed by atoms with Crippen molar-refractivity contribution in [2.75, 3.05) is 33.4 Å². The number of hydrogen-bond acceptors (Lipinski definition) is 4. The topological polar surface area (TPSA) is 58.7 Å². The molecule has 0 amide bonds. The summed E-state index contributed by atoms with van der Waals surface area (Å²) in [5.74, 6) is 0. The van der Waals surface area contributed by atoms with Crippen LogP contribution < -0.4 is 5.73 Å². The third kappa shape index (κ3) is 5.25. The minimum atomic E-state index is -0.0517. The molecule has 0 aromatic rings. The summed E-state index contributed by atoms with van der Waals surface area (Å²) in [5, 5.41) is 9.42. The fourth-order valence-electron chi connectivity index (χ4n) is 1.62. The highest BCUT2D eigenvalue weighted by Gasteiger charge is 2.30. The number of aliphatic hydroxyl groups is 1. The van der Waals surface area contributed by atoms with Crippen LogP contribution in [0, 0.1) is 5.41 Å². The molecule has 98 valence electrons. The Bertz CT molecular complexity index is 180. The summed E-state index contributed by atoms with van der Waals surface area (Å²) in [6.07, 6.45) is 0. The van der Waals surface area contributed by atoms with Gasteiger partial charge in [0.05, 0.1) is 13.2 Å². The largest absolute Gasteiger partial charge is 0.395 e. The van der Waals surface area contributed by atoms with Gasteiger partial charge in [-0.2, -0.15) is 0 Å². The van der Waals surface area contributed by atoms with Gasteiger partial charge in [0.25, 0.3) is 0 Å². The fraction of sp³-hybridized carbons (Fsp3) is 1.00. The molecular formula is C12H28N2O2. The molecule has 16 heavy (non-hydrogen) atoms. The Kier molecular flexibility index (Phi) is 7.15. The molecule has 3 N–H and O–H groups in total. The van der Waals surface area contributed by atoms with Gasteiger partial charge in [0.15, 0.2) is 0 Å². The van der Waals surface area contributed by atoms with Crippen LogP contribution in [0.4, 0.5) is 0 Å². The molecule has 0 aromatic carbocycles. The first-order chi connectivity index (χ1) is 7.34. The van der Waals surface area contributed by atoms with Crippen LogP contribution in [0.5, 0.6) is 0 Å². The molecular weight excluding hydrogens is 204 g/mol. The number of hydrogen-bond donors (Lipinski definition) is 2. The Hall–Kier alpha value is -0.160. The summed E-state index contributed by atoms with van der Waals surface area (Å²) < 4.78 is 5.30. The summed E-state index contributed by atoms with van der Waals surface area (Å²) in [6.45, 7) is 10.5. The SMILES string of the molecule is CCOCCN(C)C(CO)C(N)C(C)(C)C. The predicted octanol–water partition coefficient (Wildman–Crippen LogP) is 0.689. The zero-order valence-corrected chi connectivity index (χ0v) is 11.4. The molecule has 4 nitrogen and oxygen atoms in total. The summed E-state index contributed by atoms with van der Waals surface area (Å²) in [5.41, 5.74) is 6.16. The molecule has 0 aliphatic heterocycles. The van der Waals surface area contributed by atoms with Crippen LogP contribution >= 0.6 is 0 Å². The Morgan fingerprint density at radius 3 is 2.31 bits per heavy atom. The van der Waals surface area contributed by atoms with Gasteiger partial charge < -0.3 is 15.6 Å². The number of likely N-dealkylation sites (N-methyl/N-ethyl adjacent to an activating group) is 1. The van der Waals surface area contributed by atoms with Crippen LogP contribution in [0.2, 0.25) is 0 Å². The average Bonchev–Trinajstić information content (AvgIpc) is 2.17. The lowest BCUT2D eigenvalue weighted by atomic mass is 9.82. The maximum absolute atomic E-state index is 9.42. The lowest BCUT2D eigenvalue weighted by molar-refractivity contribution is 0.0580. The highest BCUT2D eigenvalue weighted by atomic mass is 16.5. The van der Waals surface area contributed by atoms with E-state index < -0.39 is 0 Å². The van der Waals surface area contributed by atoms with E-state index in [0.29, 0.717) is 6.61 Å². The lowest BCUT2D eigenvalue weighted by Crippen LogP contribution is -2.55. The highest BCUT2D eigenvalue weighted by molar-refractivity contribution is 4.88. The van der Waals surface area contributed by atoms with E-state index in [0.717, 1.165) is 13.2 Å². The standard InChI is InChI=1S/C12H28N2O2/c1-6-16-8-7-14(5)10(9-15)11(13)12(2,3)4/h10-11,15H,6-9,13H2,1-5H3. The van der Waals surface area contributed by atoms with E-state index in [2.05, 4.69) is 25.7 Å². The van der Waals surface area contributed by atoms with E-state index >= 15 is 0 Å². The average molecular weight is 232 g/mol. The van der Waals surface area contributed by atoms with Crippen molar-refractivity contribution in [2.24, 2.45) is 11.1 Å². The Balaban J connectivity index is 4.25. The predicted molar refractivity (Wildman–Crippen MR) is 67.4 cm³/mol. The van der Waals surface area contributed by atoms with Gasteiger partial charge in [0.1, 0.15) is 0 Å². The van der Waals surface area contributed by atoms with Gasteiger partial charge in [-0.15, -0.1) is 0 Å². The van der Waals surface area contributed by atoms with Gasteiger partial charge in [-0.25, -0.2) is 0 Å². The normalized spacial score (nSPS) is 16.5. The minimum absolute atomic E-state index is 0.00668. The van der Waals surface area contributed by atoms with Crippen LogP contribution in [0.1, 0.15) is 27.7 Å². The maximum Gasteiger partial charge on any atom is 0.0602 e. The van der Waals surface area contributed by atoms with Crippen LogP contribution in [0.3, 0.4) is 0 Å². The zero-order valence-electron chi connectivity index (χ0n) is 11.4. The second-order valence-electron chi connectivity index (χ2n) is 5.32. The van der Waals surface area contributed by atoms with Crippen molar-refractivity contribution in [2.45, 2.75) is 39.8 Å².